The molecule has 8 nitrogen and oxygen atoms in total. The fourth-order valence-corrected chi connectivity index (χ4v) is 2.91. The van der Waals surface area contributed by atoms with Gasteiger partial charge in [-0.3, -0.25) is 0 Å². The van der Waals surface area contributed by atoms with E-state index in [0.717, 1.165) is 19.5 Å². The number of phenols is 1. The van der Waals surface area contributed by atoms with E-state index in [4.69, 9.17) is 4.74 Å². The second-order valence-corrected chi connectivity index (χ2v) is 6.31. The average molecular weight is 364 g/mol. The van der Waals surface area contributed by atoms with Crippen LogP contribution in [0.1, 0.15) is 12.8 Å². The lowest BCUT2D eigenvalue weighted by atomic mass is 10.2. The predicted molar refractivity (Wildman–Crippen MR) is 101 cm³/mol. The number of nitrogens with zero attached hydrogens (tertiary/aromatic N) is 4. The molecule has 27 heavy (non-hydrogen) atoms. The summed E-state index contributed by atoms with van der Waals surface area (Å²) in [5.74, 6) is 1.64. The first kappa shape index (κ1) is 17.2. The van der Waals surface area contributed by atoms with E-state index in [-0.39, 0.29) is 5.75 Å². The van der Waals surface area contributed by atoms with Crippen molar-refractivity contribution in [1.29, 1.82) is 0 Å². The van der Waals surface area contributed by atoms with Gasteiger partial charge in [0.15, 0.2) is 5.82 Å². The Balaban J connectivity index is 1.61. The normalized spacial score (nSPS) is 16.2. The van der Waals surface area contributed by atoms with Crippen LogP contribution in [-0.2, 0) is 0 Å². The first-order chi connectivity index (χ1) is 13.3. The molecule has 1 aromatic carbocycles. The van der Waals surface area contributed by atoms with E-state index < -0.39 is 0 Å². The number of phenolic OH excluding ortho intramolecular Hbond substituents is 1. The molecule has 3 aromatic rings. The van der Waals surface area contributed by atoms with Crippen LogP contribution in [-0.4, -0.2) is 44.2 Å². The molecule has 2 aromatic heterocycles. The molecule has 0 bridgehead atoms. The maximum Gasteiger partial charge on any atom is 0.246 e. The van der Waals surface area contributed by atoms with Crippen LogP contribution in [0.5, 0.6) is 17.4 Å². The molecule has 3 heterocycles. The second-order valence-electron chi connectivity index (χ2n) is 6.31. The van der Waals surface area contributed by atoms with Crippen molar-refractivity contribution in [2.45, 2.75) is 18.9 Å². The number of aromatic nitrogens is 4. The highest BCUT2D eigenvalue weighted by molar-refractivity contribution is 5.59. The van der Waals surface area contributed by atoms with Gasteiger partial charge in [-0.2, -0.15) is 4.98 Å². The van der Waals surface area contributed by atoms with E-state index in [2.05, 4.69) is 30.6 Å². The Kier molecular flexibility index (Phi) is 5.06. The lowest BCUT2D eigenvalue weighted by Gasteiger charge is -2.15. The van der Waals surface area contributed by atoms with Crippen molar-refractivity contribution in [3.8, 4) is 28.8 Å². The van der Waals surface area contributed by atoms with Gasteiger partial charge >= 0.3 is 0 Å². The first-order valence-corrected chi connectivity index (χ1v) is 8.84. The highest BCUT2D eigenvalue weighted by Gasteiger charge is 2.16. The molecule has 0 radical (unpaired) electrons. The molecule has 0 saturated carbocycles. The minimum absolute atomic E-state index is 0.179. The van der Waals surface area contributed by atoms with Gasteiger partial charge < -0.3 is 20.5 Å². The van der Waals surface area contributed by atoms with Gasteiger partial charge in [0.1, 0.15) is 23.5 Å². The van der Waals surface area contributed by atoms with Crippen molar-refractivity contribution in [2.24, 2.45) is 0 Å². The zero-order chi connectivity index (χ0) is 18.5. The molecule has 1 atom stereocenters. The summed E-state index contributed by atoms with van der Waals surface area (Å²) in [6.07, 6.45) is 8.81. The van der Waals surface area contributed by atoms with E-state index in [1.54, 1.807) is 42.9 Å². The Morgan fingerprint density at radius 1 is 1.15 bits per heavy atom. The predicted octanol–water partition coefficient (Wildman–Crippen LogP) is 2.60. The minimum atomic E-state index is 0.179. The van der Waals surface area contributed by atoms with Crippen molar-refractivity contribution >= 4 is 5.69 Å². The third-order valence-electron chi connectivity index (χ3n) is 4.33. The Labute approximate surface area is 156 Å². The van der Waals surface area contributed by atoms with Gasteiger partial charge in [-0.15, -0.1) is 0 Å². The molecule has 1 saturated heterocycles. The van der Waals surface area contributed by atoms with Crippen LogP contribution in [0.3, 0.4) is 0 Å². The van der Waals surface area contributed by atoms with Gasteiger partial charge in [0.05, 0.1) is 11.8 Å². The molecular weight excluding hydrogens is 344 g/mol. The van der Waals surface area contributed by atoms with Crippen LogP contribution in [0.25, 0.3) is 11.4 Å². The molecule has 8 heteroatoms. The smallest absolute Gasteiger partial charge is 0.246 e. The second kappa shape index (κ2) is 7.96. The number of nitrogens with one attached hydrogen (secondary N) is 2. The Morgan fingerprint density at radius 2 is 1.96 bits per heavy atom. The van der Waals surface area contributed by atoms with Crippen LogP contribution in [0.4, 0.5) is 5.69 Å². The Morgan fingerprint density at radius 3 is 2.70 bits per heavy atom. The SMILES string of the molecule is Oc1ccc(Oc2nc(-c3cncnc3)ncc2NC[C@@H]2CCCN2)cc1. The third kappa shape index (κ3) is 4.29. The minimum Gasteiger partial charge on any atom is -0.508 e. The molecule has 4 rings (SSSR count). The van der Waals surface area contributed by atoms with Crippen molar-refractivity contribution < 1.29 is 9.84 Å². The molecule has 0 amide bonds. The van der Waals surface area contributed by atoms with Gasteiger partial charge in [-0.05, 0) is 43.7 Å². The lowest BCUT2D eigenvalue weighted by molar-refractivity contribution is 0.454. The molecule has 1 fully saturated rings. The van der Waals surface area contributed by atoms with Gasteiger partial charge in [-0.25, -0.2) is 15.0 Å². The zero-order valence-electron chi connectivity index (χ0n) is 14.7. The fourth-order valence-electron chi connectivity index (χ4n) is 2.91. The number of hydrogen-bond acceptors (Lipinski definition) is 8. The lowest BCUT2D eigenvalue weighted by Crippen LogP contribution is -2.29. The van der Waals surface area contributed by atoms with Crippen LogP contribution in [0.15, 0.2) is 49.2 Å². The van der Waals surface area contributed by atoms with Crippen LogP contribution >= 0.6 is 0 Å². The maximum atomic E-state index is 9.46. The Bertz CT molecular complexity index is 882. The molecular formula is C19H20N6O2. The summed E-state index contributed by atoms with van der Waals surface area (Å²) in [5.41, 5.74) is 1.41. The average Bonchev–Trinajstić information content (AvgIpc) is 3.23. The van der Waals surface area contributed by atoms with Gasteiger partial charge in [-0.1, -0.05) is 0 Å². The zero-order valence-corrected chi connectivity index (χ0v) is 14.7. The highest BCUT2D eigenvalue weighted by Crippen LogP contribution is 2.30. The molecule has 0 aliphatic carbocycles. The first-order valence-electron chi connectivity index (χ1n) is 8.84. The summed E-state index contributed by atoms with van der Waals surface area (Å²) in [4.78, 5) is 17.0. The molecule has 0 spiro atoms. The van der Waals surface area contributed by atoms with E-state index in [9.17, 15) is 5.11 Å². The maximum absolute atomic E-state index is 9.46. The van der Waals surface area contributed by atoms with E-state index in [0.29, 0.717) is 34.7 Å². The summed E-state index contributed by atoms with van der Waals surface area (Å²) < 4.78 is 5.96. The summed E-state index contributed by atoms with van der Waals surface area (Å²) in [5, 5.41) is 16.3. The quantitative estimate of drug-likeness (QED) is 0.613. The standard InChI is InChI=1S/C19H20N6O2/c26-15-3-5-16(6-4-15)27-19-17(23-10-14-2-1-7-22-14)11-24-18(25-19)13-8-20-12-21-9-13/h3-6,8-9,11-12,14,22-23,26H,1-2,7,10H2/t14-/m0/s1. The highest BCUT2D eigenvalue weighted by atomic mass is 16.5. The van der Waals surface area contributed by atoms with Crippen molar-refractivity contribution in [1.82, 2.24) is 25.3 Å². The molecule has 1 aliphatic heterocycles. The largest absolute Gasteiger partial charge is 0.508 e. The number of aromatic hydroxyl groups is 1. The van der Waals surface area contributed by atoms with Crippen LogP contribution < -0.4 is 15.4 Å². The van der Waals surface area contributed by atoms with E-state index >= 15 is 0 Å². The fraction of sp³-hybridized carbons (Fsp3) is 0.263. The van der Waals surface area contributed by atoms with Crippen molar-refractivity contribution in [3.63, 3.8) is 0 Å². The van der Waals surface area contributed by atoms with Gasteiger partial charge in [0, 0.05) is 25.0 Å². The number of benzene rings is 1. The number of anilines is 1. The Hall–Kier alpha value is -3.26. The number of ether oxygens (including phenoxy) is 1. The summed E-state index contributed by atoms with van der Waals surface area (Å²) in [6, 6.07) is 6.93. The van der Waals surface area contributed by atoms with E-state index in [1.807, 2.05) is 0 Å². The van der Waals surface area contributed by atoms with Gasteiger partial charge in [0.25, 0.3) is 0 Å². The van der Waals surface area contributed by atoms with E-state index in [1.165, 1.54) is 12.7 Å². The molecule has 1 aliphatic rings. The van der Waals surface area contributed by atoms with Crippen LogP contribution in [0.2, 0.25) is 0 Å². The van der Waals surface area contributed by atoms with Crippen LogP contribution in [0, 0.1) is 0 Å². The summed E-state index contributed by atoms with van der Waals surface area (Å²) in [7, 11) is 0. The number of rotatable bonds is 6. The number of hydrogen-bond donors (Lipinski definition) is 3. The summed E-state index contributed by atoms with van der Waals surface area (Å²) >= 11 is 0. The topological polar surface area (TPSA) is 105 Å². The monoisotopic (exact) mass is 364 g/mol. The molecule has 3 N–H and O–H groups in total. The molecule has 138 valence electrons. The summed E-state index contributed by atoms with van der Waals surface area (Å²) in [6.45, 7) is 1.82. The van der Waals surface area contributed by atoms with Gasteiger partial charge in [0.2, 0.25) is 5.88 Å². The molecule has 0 unspecified atom stereocenters. The van der Waals surface area contributed by atoms with Crippen molar-refractivity contribution in [2.75, 3.05) is 18.4 Å². The van der Waals surface area contributed by atoms with Crippen molar-refractivity contribution in [3.05, 3.63) is 49.2 Å². The third-order valence-corrected chi connectivity index (χ3v) is 4.33.